The maximum Gasteiger partial charge on any atom is 0.117 e. The Labute approximate surface area is 108 Å². The monoisotopic (exact) mass is 241 g/mol. The fraction of sp³-hybridized carbons (Fsp3) is 0.375. The van der Waals surface area contributed by atoms with Gasteiger partial charge in [0.2, 0.25) is 0 Å². The van der Waals surface area contributed by atoms with Crippen molar-refractivity contribution in [2.24, 2.45) is 5.41 Å². The number of hydrogen-bond donors (Lipinski definition) is 1. The zero-order chi connectivity index (χ0) is 12.6. The fourth-order valence-electron chi connectivity index (χ4n) is 2.99. The Morgan fingerprint density at radius 3 is 2.83 bits per heavy atom. The zero-order valence-corrected chi connectivity index (χ0v) is 10.9. The van der Waals surface area contributed by atoms with Crippen LogP contribution in [0.1, 0.15) is 36.8 Å². The highest BCUT2D eigenvalue weighted by Crippen LogP contribution is 2.45. The molecule has 1 aliphatic rings. The van der Waals surface area contributed by atoms with Crippen LogP contribution in [0.3, 0.4) is 0 Å². The van der Waals surface area contributed by atoms with E-state index in [4.69, 9.17) is 4.42 Å². The average Bonchev–Trinajstić information content (AvgIpc) is 2.91. The predicted octanol–water partition coefficient (Wildman–Crippen LogP) is 3.69. The van der Waals surface area contributed by atoms with Crippen molar-refractivity contribution in [1.29, 1.82) is 0 Å². The van der Waals surface area contributed by atoms with Crippen LogP contribution in [-0.2, 0) is 13.0 Å². The lowest BCUT2D eigenvalue weighted by molar-refractivity contribution is 0.262. The van der Waals surface area contributed by atoms with Crippen LogP contribution in [0.2, 0.25) is 0 Å². The molecule has 0 fully saturated rings. The average molecular weight is 241 g/mol. The first kappa shape index (κ1) is 11.5. The normalized spacial score (nSPS) is 20.9. The molecule has 0 radical (unpaired) electrons. The summed E-state index contributed by atoms with van der Waals surface area (Å²) in [6.07, 6.45) is 2.86. The second kappa shape index (κ2) is 4.29. The first-order chi connectivity index (χ1) is 8.67. The van der Waals surface area contributed by atoms with Gasteiger partial charge in [-0.2, -0.15) is 0 Å². The van der Waals surface area contributed by atoms with Gasteiger partial charge in [0, 0.05) is 6.04 Å². The van der Waals surface area contributed by atoms with E-state index in [1.807, 2.05) is 12.1 Å². The van der Waals surface area contributed by atoms with Crippen molar-refractivity contribution in [3.8, 4) is 0 Å². The van der Waals surface area contributed by atoms with Gasteiger partial charge < -0.3 is 9.73 Å². The minimum atomic E-state index is 0.260. The molecule has 1 atom stereocenters. The van der Waals surface area contributed by atoms with E-state index in [1.165, 1.54) is 11.1 Å². The van der Waals surface area contributed by atoms with Crippen molar-refractivity contribution < 1.29 is 4.42 Å². The van der Waals surface area contributed by atoms with Gasteiger partial charge in [-0.3, -0.25) is 0 Å². The first-order valence-electron chi connectivity index (χ1n) is 6.50. The van der Waals surface area contributed by atoms with Crippen LogP contribution in [0.15, 0.2) is 47.1 Å². The molecule has 1 aromatic carbocycles. The molecule has 0 spiro atoms. The standard InChI is InChI=1S/C16H19NO/c1-16(2)10-12-6-3-4-8-14(12)15(16)17-11-13-7-5-9-18-13/h3-9,15,17H,10-11H2,1-2H3. The maximum atomic E-state index is 5.39. The highest BCUT2D eigenvalue weighted by atomic mass is 16.3. The zero-order valence-electron chi connectivity index (χ0n) is 10.9. The van der Waals surface area contributed by atoms with E-state index < -0.39 is 0 Å². The van der Waals surface area contributed by atoms with Gasteiger partial charge in [0.25, 0.3) is 0 Å². The Balaban J connectivity index is 1.81. The van der Waals surface area contributed by atoms with Crippen molar-refractivity contribution in [2.45, 2.75) is 32.9 Å². The van der Waals surface area contributed by atoms with E-state index in [1.54, 1.807) is 6.26 Å². The Kier molecular flexibility index (Phi) is 2.75. The van der Waals surface area contributed by atoms with Crippen LogP contribution in [-0.4, -0.2) is 0 Å². The Bertz CT molecular complexity index is 528. The third-order valence-corrected chi connectivity index (χ3v) is 3.85. The van der Waals surface area contributed by atoms with Crippen molar-refractivity contribution in [1.82, 2.24) is 5.32 Å². The maximum absolute atomic E-state index is 5.39. The number of hydrogen-bond acceptors (Lipinski definition) is 2. The van der Waals surface area contributed by atoms with Gasteiger partial charge in [0.05, 0.1) is 12.8 Å². The second-order valence-corrected chi connectivity index (χ2v) is 5.76. The summed E-state index contributed by atoms with van der Waals surface area (Å²) in [6, 6.07) is 13.1. The molecule has 2 nitrogen and oxygen atoms in total. The van der Waals surface area contributed by atoms with Gasteiger partial charge in [0.15, 0.2) is 0 Å². The molecule has 94 valence electrons. The summed E-state index contributed by atoms with van der Waals surface area (Å²) in [5, 5.41) is 3.64. The van der Waals surface area contributed by atoms with Crippen LogP contribution in [0.25, 0.3) is 0 Å². The molecule has 2 aromatic rings. The van der Waals surface area contributed by atoms with Gasteiger partial charge in [-0.05, 0) is 35.1 Å². The van der Waals surface area contributed by atoms with Crippen molar-refractivity contribution in [2.75, 3.05) is 0 Å². The molecule has 1 N–H and O–H groups in total. The van der Waals surface area contributed by atoms with E-state index in [0.29, 0.717) is 6.04 Å². The topological polar surface area (TPSA) is 25.2 Å². The van der Waals surface area contributed by atoms with E-state index in [2.05, 4.69) is 43.4 Å². The third kappa shape index (κ3) is 1.97. The second-order valence-electron chi connectivity index (χ2n) is 5.76. The van der Waals surface area contributed by atoms with Crippen molar-refractivity contribution in [3.63, 3.8) is 0 Å². The molecule has 1 aliphatic carbocycles. The summed E-state index contributed by atoms with van der Waals surface area (Å²) >= 11 is 0. The molecule has 1 unspecified atom stereocenters. The van der Waals surface area contributed by atoms with Crippen molar-refractivity contribution in [3.05, 3.63) is 59.5 Å². The minimum absolute atomic E-state index is 0.260. The molecule has 0 saturated carbocycles. The molecule has 0 saturated heterocycles. The quantitative estimate of drug-likeness (QED) is 0.886. The number of rotatable bonds is 3. The third-order valence-electron chi connectivity index (χ3n) is 3.85. The molecular formula is C16H19NO. The van der Waals surface area contributed by atoms with E-state index in [9.17, 15) is 0 Å². The summed E-state index contributed by atoms with van der Waals surface area (Å²) in [5.41, 5.74) is 3.17. The summed E-state index contributed by atoms with van der Waals surface area (Å²) in [4.78, 5) is 0. The molecule has 2 heteroatoms. The Morgan fingerprint density at radius 2 is 2.06 bits per heavy atom. The number of furan rings is 1. The molecule has 18 heavy (non-hydrogen) atoms. The van der Waals surface area contributed by atoms with Crippen LogP contribution >= 0.6 is 0 Å². The molecule has 0 aliphatic heterocycles. The minimum Gasteiger partial charge on any atom is -0.468 e. The lowest BCUT2D eigenvalue weighted by Crippen LogP contribution is -2.30. The van der Waals surface area contributed by atoms with Crippen LogP contribution in [0.4, 0.5) is 0 Å². The van der Waals surface area contributed by atoms with Crippen LogP contribution in [0.5, 0.6) is 0 Å². The molecule has 0 amide bonds. The first-order valence-corrected chi connectivity index (χ1v) is 6.50. The summed E-state index contributed by atoms with van der Waals surface area (Å²) < 4.78 is 5.39. The molecule has 3 rings (SSSR count). The molecule has 1 heterocycles. The Morgan fingerprint density at radius 1 is 1.22 bits per heavy atom. The van der Waals surface area contributed by atoms with Crippen molar-refractivity contribution >= 4 is 0 Å². The summed E-state index contributed by atoms with van der Waals surface area (Å²) in [6.45, 7) is 5.44. The number of fused-ring (bicyclic) bond motifs is 1. The predicted molar refractivity (Wildman–Crippen MR) is 72.2 cm³/mol. The van der Waals surface area contributed by atoms with E-state index in [-0.39, 0.29) is 5.41 Å². The highest BCUT2D eigenvalue weighted by molar-refractivity contribution is 5.37. The van der Waals surface area contributed by atoms with Crippen LogP contribution in [0, 0.1) is 5.41 Å². The van der Waals surface area contributed by atoms with Crippen LogP contribution < -0.4 is 5.32 Å². The van der Waals surface area contributed by atoms with Gasteiger partial charge in [-0.1, -0.05) is 38.1 Å². The largest absolute Gasteiger partial charge is 0.468 e. The lowest BCUT2D eigenvalue weighted by atomic mass is 9.85. The van der Waals surface area contributed by atoms with E-state index in [0.717, 1.165) is 18.7 Å². The number of nitrogens with one attached hydrogen (secondary N) is 1. The smallest absolute Gasteiger partial charge is 0.117 e. The van der Waals surface area contributed by atoms with Gasteiger partial charge in [-0.25, -0.2) is 0 Å². The SMILES string of the molecule is CC1(C)Cc2ccccc2C1NCc1ccco1. The molecule has 0 bridgehead atoms. The lowest BCUT2D eigenvalue weighted by Gasteiger charge is -2.28. The molecule has 1 aromatic heterocycles. The molecular weight excluding hydrogens is 222 g/mol. The summed E-state index contributed by atoms with van der Waals surface area (Å²) in [5.74, 6) is 0.996. The Hall–Kier alpha value is -1.54. The number of benzene rings is 1. The van der Waals surface area contributed by atoms with Gasteiger partial charge in [0.1, 0.15) is 5.76 Å². The fourth-order valence-corrected chi connectivity index (χ4v) is 2.99. The highest BCUT2D eigenvalue weighted by Gasteiger charge is 2.38. The van der Waals surface area contributed by atoms with E-state index >= 15 is 0 Å². The van der Waals surface area contributed by atoms with Gasteiger partial charge >= 0.3 is 0 Å². The van der Waals surface area contributed by atoms with Gasteiger partial charge in [-0.15, -0.1) is 0 Å². The summed E-state index contributed by atoms with van der Waals surface area (Å²) in [7, 11) is 0.